The lowest BCUT2D eigenvalue weighted by atomic mass is 10.1. The van der Waals surface area contributed by atoms with Crippen LogP contribution in [0, 0.1) is 0 Å². The van der Waals surface area contributed by atoms with E-state index in [0.29, 0.717) is 17.9 Å². The maximum absolute atomic E-state index is 12.0. The molecule has 0 saturated carbocycles. The number of carboxylic acid groups (broad SMARTS) is 1. The van der Waals surface area contributed by atoms with Crippen molar-refractivity contribution in [2.45, 2.75) is 11.0 Å². The largest absolute Gasteiger partial charge is 0.479 e. The van der Waals surface area contributed by atoms with Gasteiger partial charge in [-0.25, -0.2) is 4.79 Å². The molecule has 3 rings (SSSR count). The number of carboxylic acids is 1. The highest BCUT2D eigenvalue weighted by atomic mass is 32.2. The fourth-order valence-electron chi connectivity index (χ4n) is 2.31. The molecule has 2 aliphatic heterocycles. The lowest BCUT2D eigenvalue weighted by molar-refractivity contribution is -0.154. The Morgan fingerprint density at radius 1 is 1.40 bits per heavy atom. The van der Waals surface area contributed by atoms with Gasteiger partial charge in [0.2, 0.25) is 0 Å². The minimum atomic E-state index is -3.68. The van der Waals surface area contributed by atoms with Gasteiger partial charge < -0.3 is 14.7 Å². The number of morpholine rings is 1. The number of amidine groups is 1. The van der Waals surface area contributed by atoms with Gasteiger partial charge in [-0.3, -0.25) is 0 Å². The second kappa shape index (κ2) is 4.57. The quantitative estimate of drug-likeness (QED) is 0.778. The van der Waals surface area contributed by atoms with Gasteiger partial charge in [0.15, 0.2) is 11.9 Å². The van der Waals surface area contributed by atoms with Crippen LogP contribution in [0.1, 0.15) is 5.56 Å². The molecule has 0 aromatic heterocycles. The summed E-state index contributed by atoms with van der Waals surface area (Å²) in [6.45, 7) is 0.711. The van der Waals surface area contributed by atoms with E-state index < -0.39 is 22.1 Å². The Labute approximate surface area is 115 Å². The van der Waals surface area contributed by atoms with Gasteiger partial charge in [0.25, 0.3) is 10.0 Å². The summed E-state index contributed by atoms with van der Waals surface area (Å²) in [5, 5.41) is 8.99. The number of ether oxygens (including phenoxy) is 1. The summed E-state index contributed by atoms with van der Waals surface area (Å²) < 4.78 is 32.8. The number of sulfonamides is 1. The van der Waals surface area contributed by atoms with Crippen molar-refractivity contribution in [2.24, 2.45) is 4.40 Å². The third kappa shape index (κ3) is 2.06. The molecule has 1 aromatic carbocycles. The molecule has 1 unspecified atom stereocenters. The molecule has 0 radical (unpaired) electrons. The molecule has 1 N–H and O–H groups in total. The monoisotopic (exact) mass is 296 g/mol. The standard InChI is InChI=1S/C12H12N2O5S/c15-12(16)9-7-14(5-6-19-9)11-8-3-1-2-4-10(8)20(17,18)13-11/h1-4,9H,5-7H2,(H,15,16). The van der Waals surface area contributed by atoms with Crippen LogP contribution in [0.15, 0.2) is 33.6 Å². The predicted molar refractivity (Wildman–Crippen MR) is 69.1 cm³/mol. The molecular formula is C12H12N2O5S. The van der Waals surface area contributed by atoms with Crippen molar-refractivity contribution in [2.75, 3.05) is 19.7 Å². The normalized spacial score (nSPS) is 24.1. The molecule has 7 nitrogen and oxygen atoms in total. The van der Waals surface area contributed by atoms with Crippen LogP contribution in [-0.4, -0.2) is 56.0 Å². The zero-order chi connectivity index (χ0) is 14.3. The van der Waals surface area contributed by atoms with Crippen LogP contribution in [0.2, 0.25) is 0 Å². The fourth-order valence-corrected chi connectivity index (χ4v) is 3.54. The number of rotatable bonds is 1. The number of nitrogens with zero attached hydrogens (tertiary/aromatic N) is 2. The van der Waals surface area contributed by atoms with E-state index in [1.54, 1.807) is 23.1 Å². The molecule has 2 heterocycles. The first-order chi connectivity index (χ1) is 9.49. The van der Waals surface area contributed by atoms with Crippen molar-refractivity contribution < 1.29 is 23.1 Å². The lowest BCUT2D eigenvalue weighted by Gasteiger charge is -2.32. The molecule has 1 fully saturated rings. The van der Waals surface area contributed by atoms with E-state index in [1.165, 1.54) is 6.07 Å². The topological polar surface area (TPSA) is 96.3 Å². The van der Waals surface area contributed by atoms with Gasteiger partial charge in [0.05, 0.1) is 13.2 Å². The van der Waals surface area contributed by atoms with Crippen LogP contribution >= 0.6 is 0 Å². The number of carbonyl (C=O) groups is 1. The molecule has 8 heteroatoms. The van der Waals surface area contributed by atoms with Crippen LogP contribution in [0.25, 0.3) is 0 Å². The van der Waals surface area contributed by atoms with E-state index in [9.17, 15) is 13.2 Å². The summed E-state index contributed by atoms with van der Waals surface area (Å²) in [6, 6.07) is 6.53. The van der Waals surface area contributed by atoms with E-state index >= 15 is 0 Å². The van der Waals surface area contributed by atoms with Crippen molar-refractivity contribution in [3.8, 4) is 0 Å². The Morgan fingerprint density at radius 2 is 2.15 bits per heavy atom. The lowest BCUT2D eigenvalue weighted by Crippen LogP contribution is -2.48. The van der Waals surface area contributed by atoms with Crippen molar-refractivity contribution in [1.29, 1.82) is 0 Å². The van der Waals surface area contributed by atoms with E-state index in [0.717, 1.165) is 0 Å². The average molecular weight is 296 g/mol. The number of benzene rings is 1. The first kappa shape index (κ1) is 13.1. The highest BCUT2D eigenvalue weighted by Gasteiger charge is 2.35. The molecule has 106 valence electrons. The van der Waals surface area contributed by atoms with Crippen LogP contribution in [0.3, 0.4) is 0 Å². The predicted octanol–water partition coefficient (Wildman–Crippen LogP) is -0.0791. The summed E-state index contributed by atoms with van der Waals surface area (Å²) in [5.41, 5.74) is 0.513. The molecule has 1 aromatic rings. The zero-order valence-electron chi connectivity index (χ0n) is 10.4. The van der Waals surface area contributed by atoms with Gasteiger partial charge >= 0.3 is 5.97 Å². The van der Waals surface area contributed by atoms with E-state index in [4.69, 9.17) is 9.84 Å². The first-order valence-electron chi connectivity index (χ1n) is 6.03. The number of fused-ring (bicyclic) bond motifs is 1. The number of hydrogen-bond acceptors (Lipinski definition) is 5. The SMILES string of the molecule is O=C(O)C1CN(C2=NS(=O)(=O)c3ccccc32)CCO1. The molecule has 0 spiro atoms. The Kier molecular flexibility index (Phi) is 2.98. The van der Waals surface area contributed by atoms with Crippen LogP contribution < -0.4 is 0 Å². The van der Waals surface area contributed by atoms with Gasteiger partial charge in [0.1, 0.15) is 4.90 Å². The van der Waals surface area contributed by atoms with E-state index in [1.807, 2.05) is 0 Å². The Bertz CT molecular complexity index is 698. The number of hydrogen-bond donors (Lipinski definition) is 1. The molecular weight excluding hydrogens is 284 g/mol. The Hall–Kier alpha value is -1.93. The highest BCUT2D eigenvalue weighted by Crippen LogP contribution is 2.28. The molecule has 0 bridgehead atoms. The zero-order valence-corrected chi connectivity index (χ0v) is 11.2. The third-order valence-electron chi connectivity index (χ3n) is 3.25. The number of aliphatic carboxylic acids is 1. The van der Waals surface area contributed by atoms with Gasteiger partial charge in [-0.05, 0) is 12.1 Å². The average Bonchev–Trinajstić information content (AvgIpc) is 2.72. The van der Waals surface area contributed by atoms with Crippen molar-refractivity contribution in [1.82, 2.24) is 4.90 Å². The summed E-state index contributed by atoms with van der Waals surface area (Å²) in [6.07, 6.45) is -0.970. The van der Waals surface area contributed by atoms with Crippen LogP contribution in [0.4, 0.5) is 0 Å². The molecule has 0 aliphatic carbocycles. The van der Waals surface area contributed by atoms with Crippen molar-refractivity contribution in [3.05, 3.63) is 29.8 Å². The first-order valence-corrected chi connectivity index (χ1v) is 7.47. The second-order valence-electron chi connectivity index (χ2n) is 4.53. The summed E-state index contributed by atoms with van der Waals surface area (Å²) in [4.78, 5) is 12.8. The summed E-state index contributed by atoms with van der Waals surface area (Å²) >= 11 is 0. The second-order valence-corrected chi connectivity index (χ2v) is 6.10. The van der Waals surface area contributed by atoms with Gasteiger partial charge in [-0.2, -0.15) is 8.42 Å². The Morgan fingerprint density at radius 3 is 2.90 bits per heavy atom. The molecule has 1 atom stereocenters. The maximum Gasteiger partial charge on any atom is 0.334 e. The smallest absolute Gasteiger partial charge is 0.334 e. The third-order valence-corrected chi connectivity index (χ3v) is 4.58. The minimum Gasteiger partial charge on any atom is -0.479 e. The molecule has 2 aliphatic rings. The molecule has 0 amide bonds. The van der Waals surface area contributed by atoms with Crippen LogP contribution in [-0.2, 0) is 19.6 Å². The van der Waals surface area contributed by atoms with Gasteiger partial charge in [-0.1, -0.05) is 12.1 Å². The van der Waals surface area contributed by atoms with Gasteiger partial charge in [-0.15, -0.1) is 4.40 Å². The molecule has 1 saturated heterocycles. The highest BCUT2D eigenvalue weighted by molar-refractivity contribution is 7.90. The molecule has 20 heavy (non-hydrogen) atoms. The van der Waals surface area contributed by atoms with Crippen molar-refractivity contribution in [3.63, 3.8) is 0 Å². The summed E-state index contributed by atoms with van der Waals surface area (Å²) in [7, 11) is -3.68. The summed E-state index contributed by atoms with van der Waals surface area (Å²) in [5.74, 6) is -0.764. The minimum absolute atomic E-state index is 0.0814. The fraction of sp³-hybridized carbons (Fsp3) is 0.333. The van der Waals surface area contributed by atoms with Gasteiger partial charge in [0, 0.05) is 12.1 Å². The van der Waals surface area contributed by atoms with E-state index in [-0.39, 0.29) is 18.0 Å². The maximum atomic E-state index is 12.0. The Balaban J connectivity index is 1.97. The van der Waals surface area contributed by atoms with E-state index in [2.05, 4.69) is 4.40 Å². The van der Waals surface area contributed by atoms with Crippen LogP contribution in [0.5, 0.6) is 0 Å². The van der Waals surface area contributed by atoms with Crippen molar-refractivity contribution >= 4 is 21.8 Å².